The van der Waals surface area contributed by atoms with Gasteiger partial charge in [-0.1, -0.05) is 59.3 Å². The zero-order valence-electron chi connectivity index (χ0n) is 14.1. The van der Waals surface area contributed by atoms with Crippen molar-refractivity contribution < 1.29 is 4.74 Å². The first-order valence-corrected chi connectivity index (χ1v) is 7.32. The highest BCUT2D eigenvalue weighted by Crippen LogP contribution is 2.31. The Kier molecular flexibility index (Phi) is 11.4. The first-order chi connectivity index (χ1) is 8.38. The summed E-state index contributed by atoms with van der Waals surface area (Å²) in [6.07, 6.45) is 5.57. The van der Waals surface area contributed by atoms with E-state index in [2.05, 4.69) is 60.6 Å². The summed E-state index contributed by atoms with van der Waals surface area (Å²) in [6, 6.07) is 0. The van der Waals surface area contributed by atoms with E-state index in [1.807, 2.05) is 13.8 Å². The highest BCUT2D eigenvalue weighted by atomic mass is 16.5. The van der Waals surface area contributed by atoms with Gasteiger partial charge in [0.1, 0.15) is 0 Å². The summed E-state index contributed by atoms with van der Waals surface area (Å²) in [7, 11) is 0. The molecule has 0 aromatic carbocycles. The first-order valence-electron chi connectivity index (χ1n) is 7.32. The Labute approximate surface area is 115 Å². The number of allylic oxidation sites excluding steroid dienone is 2. The van der Waals surface area contributed by atoms with Crippen molar-refractivity contribution in [3.05, 3.63) is 23.3 Å². The first kappa shape index (κ1) is 19.8. The minimum atomic E-state index is 0.140. The zero-order chi connectivity index (χ0) is 14.8. The highest BCUT2D eigenvalue weighted by molar-refractivity contribution is 5.30. The van der Waals surface area contributed by atoms with Gasteiger partial charge in [0.15, 0.2) is 0 Å². The second kappa shape index (κ2) is 10.4. The van der Waals surface area contributed by atoms with Crippen molar-refractivity contribution >= 4 is 0 Å². The number of hydrogen-bond donors (Lipinski definition) is 0. The average Bonchev–Trinajstić information content (AvgIpc) is 2.34. The molecule has 1 nitrogen and oxygen atoms in total. The van der Waals surface area contributed by atoms with Crippen LogP contribution in [0.15, 0.2) is 23.3 Å². The fourth-order valence-electron chi connectivity index (χ4n) is 1.81. The van der Waals surface area contributed by atoms with E-state index < -0.39 is 0 Å². The molecule has 0 aliphatic carbocycles. The van der Waals surface area contributed by atoms with Gasteiger partial charge in [0.25, 0.3) is 0 Å². The van der Waals surface area contributed by atoms with Crippen LogP contribution in [0.5, 0.6) is 0 Å². The molecule has 0 radical (unpaired) electrons. The third-order valence-corrected chi connectivity index (χ3v) is 2.77. The Morgan fingerprint density at radius 2 is 1.67 bits per heavy atom. The Bertz CT molecular complexity index is 253. The van der Waals surface area contributed by atoms with Crippen LogP contribution in [0.3, 0.4) is 0 Å². The topological polar surface area (TPSA) is 9.23 Å². The van der Waals surface area contributed by atoms with Gasteiger partial charge in [0.05, 0.1) is 6.10 Å². The SMILES string of the molecule is C/C=C\C(=C(/C)CC)C(OCC)C(C)(C)C.CC. The lowest BCUT2D eigenvalue weighted by atomic mass is 9.82. The molecule has 0 aromatic rings. The summed E-state index contributed by atoms with van der Waals surface area (Å²) in [5.41, 5.74) is 2.91. The maximum atomic E-state index is 5.93. The van der Waals surface area contributed by atoms with Crippen LogP contribution in [0.2, 0.25) is 0 Å². The molecule has 108 valence electrons. The van der Waals surface area contributed by atoms with Gasteiger partial charge in [0.2, 0.25) is 0 Å². The second-order valence-electron chi connectivity index (χ2n) is 5.29. The van der Waals surface area contributed by atoms with Crippen LogP contribution in [-0.2, 0) is 4.74 Å². The summed E-state index contributed by atoms with van der Waals surface area (Å²) in [5.74, 6) is 0. The molecule has 1 heteroatoms. The molecule has 18 heavy (non-hydrogen) atoms. The van der Waals surface area contributed by atoms with Crippen LogP contribution in [0.1, 0.15) is 68.7 Å². The Morgan fingerprint density at radius 1 is 1.17 bits per heavy atom. The lowest BCUT2D eigenvalue weighted by molar-refractivity contribution is 0.0160. The molecule has 0 heterocycles. The van der Waals surface area contributed by atoms with E-state index in [0.29, 0.717) is 0 Å². The summed E-state index contributed by atoms with van der Waals surface area (Å²) in [4.78, 5) is 0. The Morgan fingerprint density at radius 3 is 1.94 bits per heavy atom. The van der Waals surface area contributed by atoms with E-state index in [9.17, 15) is 0 Å². The molecule has 1 unspecified atom stereocenters. The highest BCUT2D eigenvalue weighted by Gasteiger charge is 2.28. The summed E-state index contributed by atoms with van der Waals surface area (Å²) < 4.78 is 5.93. The van der Waals surface area contributed by atoms with Crippen molar-refractivity contribution in [1.82, 2.24) is 0 Å². The van der Waals surface area contributed by atoms with Crippen LogP contribution in [0.4, 0.5) is 0 Å². The third kappa shape index (κ3) is 7.00. The van der Waals surface area contributed by atoms with E-state index in [0.717, 1.165) is 13.0 Å². The quantitative estimate of drug-likeness (QED) is 0.566. The van der Waals surface area contributed by atoms with Crippen molar-refractivity contribution in [3.63, 3.8) is 0 Å². The van der Waals surface area contributed by atoms with Gasteiger partial charge in [-0.05, 0) is 38.2 Å². The lowest BCUT2D eigenvalue weighted by Gasteiger charge is -2.32. The van der Waals surface area contributed by atoms with Gasteiger partial charge in [-0.3, -0.25) is 0 Å². The number of rotatable bonds is 5. The number of hydrogen-bond acceptors (Lipinski definition) is 1. The summed E-state index contributed by atoms with van der Waals surface area (Å²) in [5, 5.41) is 0. The maximum Gasteiger partial charge on any atom is 0.0872 e. The molecule has 0 aliphatic heterocycles. The largest absolute Gasteiger partial charge is 0.373 e. The van der Waals surface area contributed by atoms with Crippen LogP contribution in [0.25, 0.3) is 0 Å². The van der Waals surface area contributed by atoms with Crippen molar-refractivity contribution in [2.75, 3.05) is 6.61 Å². The Balaban J connectivity index is 0. The van der Waals surface area contributed by atoms with E-state index in [1.54, 1.807) is 0 Å². The molecule has 0 N–H and O–H groups in total. The molecule has 1 atom stereocenters. The smallest absolute Gasteiger partial charge is 0.0872 e. The van der Waals surface area contributed by atoms with Crippen molar-refractivity contribution in [2.24, 2.45) is 5.41 Å². The van der Waals surface area contributed by atoms with E-state index in [-0.39, 0.29) is 11.5 Å². The fourth-order valence-corrected chi connectivity index (χ4v) is 1.81. The molecular formula is C17H34O. The van der Waals surface area contributed by atoms with Crippen molar-refractivity contribution in [3.8, 4) is 0 Å². The minimum absolute atomic E-state index is 0.140. The molecule has 0 aromatic heterocycles. The molecule has 0 fully saturated rings. The molecule has 0 aliphatic rings. The molecule has 0 saturated heterocycles. The van der Waals surface area contributed by atoms with Crippen LogP contribution in [0, 0.1) is 5.41 Å². The predicted molar refractivity (Wildman–Crippen MR) is 84.0 cm³/mol. The predicted octanol–water partition coefficient (Wildman–Crippen LogP) is 5.77. The summed E-state index contributed by atoms with van der Waals surface area (Å²) in [6.45, 7) is 20.0. The van der Waals surface area contributed by atoms with Crippen molar-refractivity contribution in [2.45, 2.75) is 74.8 Å². The van der Waals surface area contributed by atoms with Gasteiger partial charge in [-0.25, -0.2) is 0 Å². The average molecular weight is 254 g/mol. The summed E-state index contributed by atoms with van der Waals surface area (Å²) >= 11 is 0. The molecule has 0 saturated carbocycles. The zero-order valence-corrected chi connectivity index (χ0v) is 14.1. The maximum absolute atomic E-state index is 5.93. The minimum Gasteiger partial charge on any atom is -0.373 e. The van der Waals surface area contributed by atoms with Gasteiger partial charge >= 0.3 is 0 Å². The molecule has 0 bridgehead atoms. The van der Waals surface area contributed by atoms with Gasteiger partial charge < -0.3 is 4.74 Å². The van der Waals surface area contributed by atoms with E-state index >= 15 is 0 Å². The van der Waals surface area contributed by atoms with Crippen LogP contribution in [-0.4, -0.2) is 12.7 Å². The number of ether oxygens (including phenoxy) is 1. The Hall–Kier alpha value is -0.560. The second-order valence-corrected chi connectivity index (χ2v) is 5.29. The van der Waals surface area contributed by atoms with Gasteiger partial charge in [-0.2, -0.15) is 0 Å². The van der Waals surface area contributed by atoms with Gasteiger partial charge in [0, 0.05) is 6.61 Å². The molecule has 0 rings (SSSR count). The van der Waals surface area contributed by atoms with E-state index in [1.165, 1.54) is 11.1 Å². The van der Waals surface area contributed by atoms with E-state index in [4.69, 9.17) is 4.74 Å². The monoisotopic (exact) mass is 254 g/mol. The van der Waals surface area contributed by atoms with Crippen molar-refractivity contribution in [1.29, 1.82) is 0 Å². The fraction of sp³-hybridized carbons (Fsp3) is 0.765. The normalized spacial score (nSPS) is 14.9. The molecule has 0 amide bonds. The standard InChI is InChI=1S/C15H28O.C2H6/c1-8-11-13(12(4)9-2)14(16-10-3)15(5,6)7;1-2/h8,11,14H,9-10H2,1-7H3;1-2H3/b11-8-,13-12-;. The lowest BCUT2D eigenvalue weighted by Crippen LogP contribution is -2.31. The van der Waals surface area contributed by atoms with Crippen LogP contribution >= 0.6 is 0 Å². The molecule has 0 spiro atoms. The van der Waals surface area contributed by atoms with Gasteiger partial charge in [-0.15, -0.1) is 0 Å². The molecular weight excluding hydrogens is 220 g/mol. The third-order valence-electron chi connectivity index (χ3n) is 2.77. The van der Waals surface area contributed by atoms with Crippen LogP contribution < -0.4 is 0 Å².